The number of hydrogen-bond acceptors (Lipinski definition) is 7. The third kappa shape index (κ3) is 6.15. The van der Waals surface area contributed by atoms with Crippen molar-refractivity contribution >= 4 is 23.0 Å². The number of anilines is 2. The van der Waals surface area contributed by atoms with Gasteiger partial charge in [-0.05, 0) is 68.8 Å². The maximum absolute atomic E-state index is 13.8. The number of fused-ring (bicyclic) bond motifs is 2. The number of hydrazine groups is 1. The van der Waals surface area contributed by atoms with Crippen LogP contribution in [0.4, 0.5) is 24.5 Å². The molecule has 2 unspecified atom stereocenters. The number of piperazine rings is 1. The van der Waals surface area contributed by atoms with E-state index in [0.717, 1.165) is 48.1 Å². The summed E-state index contributed by atoms with van der Waals surface area (Å²) in [5.74, 6) is -0.497. The van der Waals surface area contributed by atoms with Crippen molar-refractivity contribution in [2.75, 3.05) is 44.6 Å². The minimum Gasteiger partial charge on any atom is -0.386 e. The van der Waals surface area contributed by atoms with Crippen molar-refractivity contribution in [2.24, 2.45) is 0 Å². The van der Waals surface area contributed by atoms with Gasteiger partial charge in [-0.3, -0.25) is 19.8 Å². The number of aryl methyl sites for hydroxylation is 2. The molecule has 0 saturated carbocycles. The summed E-state index contributed by atoms with van der Waals surface area (Å²) in [6, 6.07) is 9.78. The number of H-pyrrole nitrogens is 1. The van der Waals surface area contributed by atoms with Crippen LogP contribution in [0.5, 0.6) is 0 Å². The van der Waals surface area contributed by atoms with Crippen LogP contribution in [0.25, 0.3) is 5.70 Å². The van der Waals surface area contributed by atoms with Gasteiger partial charge in [0.2, 0.25) is 0 Å². The number of hydrogen-bond donors (Lipinski definition) is 4. The fourth-order valence-corrected chi connectivity index (χ4v) is 5.88. The molecule has 1 amide bonds. The Hall–Kier alpha value is -3.87. The third-order valence-electron chi connectivity index (χ3n) is 8.21. The molecule has 5 rings (SSSR count). The van der Waals surface area contributed by atoms with E-state index in [4.69, 9.17) is 0 Å². The van der Waals surface area contributed by atoms with Gasteiger partial charge in [-0.15, -0.1) is 0 Å². The van der Waals surface area contributed by atoms with Crippen LogP contribution < -0.4 is 21.1 Å². The number of carbonyl (C=O) groups excluding carboxylic acids is 1. The Labute approximate surface area is 243 Å². The van der Waals surface area contributed by atoms with Gasteiger partial charge >= 0.3 is 6.18 Å². The van der Waals surface area contributed by atoms with Gasteiger partial charge in [0.25, 0.3) is 5.91 Å². The Bertz CT molecular complexity index is 1480. The topological polar surface area (TPSA) is 91.6 Å². The first-order valence-corrected chi connectivity index (χ1v) is 13.9. The first-order chi connectivity index (χ1) is 20.0. The lowest BCUT2D eigenvalue weighted by Crippen LogP contribution is -2.43. The van der Waals surface area contributed by atoms with E-state index < -0.39 is 17.6 Å². The molecule has 2 fully saturated rings. The molecule has 4 N–H and O–H groups in total. The Morgan fingerprint density at radius 1 is 1.14 bits per heavy atom. The van der Waals surface area contributed by atoms with Crippen LogP contribution in [0.15, 0.2) is 48.8 Å². The van der Waals surface area contributed by atoms with Crippen LogP contribution in [-0.2, 0) is 12.7 Å². The van der Waals surface area contributed by atoms with Gasteiger partial charge in [0.05, 0.1) is 23.1 Å². The molecule has 1 aromatic heterocycles. The fourth-order valence-electron chi connectivity index (χ4n) is 5.88. The van der Waals surface area contributed by atoms with E-state index in [-0.39, 0.29) is 5.69 Å². The second-order valence-electron chi connectivity index (χ2n) is 11.1. The molecule has 42 heavy (non-hydrogen) atoms. The van der Waals surface area contributed by atoms with Crippen LogP contribution in [0.1, 0.15) is 44.7 Å². The highest BCUT2D eigenvalue weighted by molar-refractivity contribution is 6.05. The summed E-state index contributed by atoms with van der Waals surface area (Å²) in [6.07, 6.45) is 0.0713. The molecule has 0 spiro atoms. The number of benzene rings is 2. The van der Waals surface area contributed by atoms with Crippen LogP contribution in [0.2, 0.25) is 0 Å². The molecule has 0 radical (unpaired) electrons. The van der Waals surface area contributed by atoms with Gasteiger partial charge in [0, 0.05) is 74.5 Å². The summed E-state index contributed by atoms with van der Waals surface area (Å²) in [7, 11) is 5.65. The van der Waals surface area contributed by atoms with E-state index in [0.29, 0.717) is 35.4 Å². The van der Waals surface area contributed by atoms with E-state index in [9.17, 15) is 18.0 Å². The molecule has 3 aromatic rings. The molecule has 12 heteroatoms. The molecule has 9 nitrogen and oxygen atoms in total. The Morgan fingerprint density at radius 2 is 1.93 bits per heavy atom. The average molecular weight is 583 g/mol. The molecule has 2 saturated heterocycles. The van der Waals surface area contributed by atoms with Crippen molar-refractivity contribution in [1.29, 1.82) is 0 Å². The number of amides is 1. The van der Waals surface area contributed by atoms with Crippen molar-refractivity contribution in [1.82, 2.24) is 30.7 Å². The van der Waals surface area contributed by atoms with E-state index >= 15 is 0 Å². The van der Waals surface area contributed by atoms with Crippen molar-refractivity contribution in [3.63, 3.8) is 0 Å². The minimum absolute atomic E-state index is 0.117. The summed E-state index contributed by atoms with van der Waals surface area (Å²) in [5.41, 5.74) is 7.47. The van der Waals surface area contributed by atoms with Crippen LogP contribution in [-0.4, -0.2) is 72.2 Å². The minimum atomic E-state index is -4.53. The monoisotopic (exact) mass is 582 g/mol. The molecule has 2 aliphatic heterocycles. The second kappa shape index (κ2) is 11.8. The Kier molecular flexibility index (Phi) is 8.31. The smallest absolute Gasteiger partial charge is 0.386 e. The van der Waals surface area contributed by atoms with Crippen LogP contribution in [0, 0.1) is 13.8 Å². The normalized spacial score (nSPS) is 19.4. The number of aromatic amines is 1. The first-order valence-electron chi connectivity index (χ1n) is 13.9. The van der Waals surface area contributed by atoms with Crippen molar-refractivity contribution in [3.8, 4) is 0 Å². The predicted molar refractivity (Wildman–Crippen MR) is 158 cm³/mol. The van der Waals surface area contributed by atoms with Gasteiger partial charge in [-0.25, -0.2) is 5.43 Å². The average Bonchev–Trinajstić information content (AvgIpc) is 3.65. The van der Waals surface area contributed by atoms with Gasteiger partial charge in [-0.2, -0.15) is 18.3 Å². The first kappa shape index (κ1) is 29.6. The predicted octanol–water partition coefficient (Wildman–Crippen LogP) is 4.34. The fraction of sp³-hybridized carbons (Fsp3) is 0.400. The zero-order valence-electron chi connectivity index (χ0n) is 24.4. The van der Waals surface area contributed by atoms with Crippen molar-refractivity contribution < 1.29 is 18.0 Å². The molecule has 2 aromatic carbocycles. The molecule has 2 atom stereocenters. The maximum atomic E-state index is 13.8. The lowest BCUT2D eigenvalue weighted by atomic mass is 10.1. The zero-order chi connectivity index (χ0) is 30.2. The van der Waals surface area contributed by atoms with Gasteiger partial charge < -0.3 is 15.5 Å². The molecular formula is C30H37F3N8O. The number of rotatable bonds is 9. The third-order valence-corrected chi connectivity index (χ3v) is 8.21. The molecule has 3 heterocycles. The molecule has 0 aliphatic carbocycles. The number of aromatic nitrogens is 2. The van der Waals surface area contributed by atoms with Crippen LogP contribution >= 0.6 is 0 Å². The molecule has 2 bridgehead atoms. The molecule has 224 valence electrons. The van der Waals surface area contributed by atoms with E-state index in [1.54, 1.807) is 43.5 Å². The summed E-state index contributed by atoms with van der Waals surface area (Å²) in [6.45, 7) is 5.99. The van der Waals surface area contributed by atoms with Crippen LogP contribution in [0.3, 0.4) is 0 Å². The lowest BCUT2D eigenvalue weighted by Gasteiger charge is -2.32. The van der Waals surface area contributed by atoms with E-state index in [1.165, 1.54) is 6.07 Å². The Morgan fingerprint density at radius 3 is 2.52 bits per heavy atom. The van der Waals surface area contributed by atoms with Gasteiger partial charge in [0.1, 0.15) is 0 Å². The summed E-state index contributed by atoms with van der Waals surface area (Å²) < 4.78 is 41.5. The number of carbonyl (C=O) groups is 1. The molecular weight excluding hydrogens is 545 g/mol. The van der Waals surface area contributed by atoms with E-state index in [1.807, 2.05) is 26.1 Å². The largest absolute Gasteiger partial charge is 0.416 e. The highest BCUT2D eigenvalue weighted by Gasteiger charge is 2.41. The SMILES string of the molecule is CN/C(=C\N(NC)c1cc(C(=O)Nc2cc(CN3CC4CC3CN4C)cc(C(F)(F)F)c2)ccc1C)c1cn[nH]c1C. The van der Waals surface area contributed by atoms with Gasteiger partial charge in [-0.1, -0.05) is 6.07 Å². The summed E-state index contributed by atoms with van der Waals surface area (Å²) in [5, 5.41) is 14.7. The standard InChI is InChI=1S/C30H37F3N8O/c1-18-6-7-21(10-28(18)41(35-4)17-27(34-3)26-13-36-38-19(26)2)29(42)37-23-9-20(8-22(11-23)30(31,32)33)14-40-16-24-12-25(40)15-39(24)5/h6-11,13,17,24-25,34-35H,12,14-16H2,1-5H3,(H,36,38)(H,37,42)/b27-17-. The number of nitrogens with one attached hydrogen (secondary N) is 4. The molecule has 2 aliphatic rings. The Balaban J connectivity index is 1.39. The van der Waals surface area contributed by atoms with Gasteiger partial charge in [0.15, 0.2) is 0 Å². The summed E-state index contributed by atoms with van der Waals surface area (Å²) in [4.78, 5) is 17.9. The zero-order valence-corrected chi connectivity index (χ0v) is 24.4. The highest BCUT2D eigenvalue weighted by Crippen LogP contribution is 2.35. The quantitative estimate of drug-likeness (QED) is 0.279. The second-order valence-corrected chi connectivity index (χ2v) is 11.1. The lowest BCUT2D eigenvalue weighted by molar-refractivity contribution is -0.137. The maximum Gasteiger partial charge on any atom is 0.416 e. The number of halogens is 3. The highest BCUT2D eigenvalue weighted by atomic mass is 19.4. The number of likely N-dealkylation sites (N-methyl/N-ethyl adjacent to an activating group) is 1. The number of likely N-dealkylation sites (tertiary alicyclic amines) is 2. The number of alkyl halides is 3. The summed E-state index contributed by atoms with van der Waals surface area (Å²) >= 11 is 0. The number of nitrogens with zero attached hydrogens (tertiary/aromatic N) is 4. The van der Waals surface area contributed by atoms with E-state index in [2.05, 4.69) is 43.1 Å². The van der Waals surface area contributed by atoms with Crippen molar-refractivity contribution in [2.45, 2.75) is 45.1 Å². The van der Waals surface area contributed by atoms with Crippen molar-refractivity contribution in [3.05, 3.63) is 82.3 Å².